The molecule has 2 atom stereocenters. The van der Waals surface area contributed by atoms with E-state index in [1.165, 1.54) is 23.5 Å². The van der Waals surface area contributed by atoms with Gasteiger partial charge in [-0.05, 0) is 43.0 Å². The lowest BCUT2D eigenvalue weighted by atomic mass is 10.1. The average Bonchev–Trinajstić information content (AvgIpc) is 3.02. The highest BCUT2D eigenvalue weighted by Gasteiger charge is 2.19. The first-order chi connectivity index (χ1) is 10.5. The van der Waals surface area contributed by atoms with Crippen molar-refractivity contribution < 1.29 is 14.0 Å². The van der Waals surface area contributed by atoms with Gasteiger partial charge < -0.3 is 10.6 Å². The van der Waals surface area contributed by atoms with Crippen LogP contribution in [0.2, 0.25) is 0 Å². The topological polar surface area (TPSA) is 58.2 Å². The molecule has 0 aliphatic heterocycles. The number of amides is 2. The van der Waals surface area contributed by atoms with Crippen LogP contribution >= 0.6 is 11.3 Å². The third kappa shape index (κ3) is 4.14. The fourth-order valence-corrected chi connectivity index (χ4v) is 2.54. The number of benzene rings is 1. The highest BCUT2D eigenvalue weighted by molar-refractivity contribution is 7.12. The first-order valence-electron chi connectivity index (χ1n) is 6.87. The second-order valence-corrected chi connectivity index (χ2v) is 5.90. The molecule has 0 radical (unpaired) electrons. The summed E-state index contributed by atoms with van der Waals surface area (Å²) in [5, 5.41) is 7.24. The Morgan fingerprint density at radius 2 is 1.77 bits per heavy atom. The molecule has 0 saturated heterocycles. The minimum atomic E-state index is -0.655. The molecule has 0 spiro atoms. The van der Waals surface area contributed by atoms with Gasteiger partial charge in [-0.3, -0.25) is 9.59 Å². The summed E-state index contributed by atoms with van der Waals surface area (Å²) in [6.45, 7) is 3.43. The summed E-state index contributed by atoms with van der Waals surface area (Å²) in [7, 11) is 0. The summed E-state index contributed by atoms with van der Waals surface area (Å²) in [5.41, 5.74) is 0.798. The standard InChI is InChI=1S/C16H17FN2O2S/c1-10(12-5-7-13(17)8-6-12)18-15(20)11(2)19-16(21)14-4-3-9-22-14/h3-11H,1-2H3,(H,18,20)(H,19,21). The van der Waals surface area contributed by atoms with Crippen LogP contribution in [-0.2, 0) is 4.79 Å². The van der Waals surface area contributed by atoms with E-state index in [4.69, 9.17) is 0 Å². The molecule has 2 amide bonds. The van der Waals surface area contributed by atoms with Gasteiger partial charge in [0.05, 0.1) is 10.9 Å². The largest absolute Gasteiger partial charge is 0.348 e. The summed E-state index contributed by atoms with van der Waals surface area (Å²) in [6.07, 6.45) is 0. The Hall–Kier alpha value is -2.21. The molecule has 2 N–H and O–H groups in total. The van der Waals surface area contributed by atoms with Gasteiger partial charge >= 0.3 is 0 Å². The van der Waals surface area contributed by atoms with Crippen LogP contribution in [0.25, 0.3) is 0 Å². The van der Waals surface area contributed by atoms with Gasteiger partial charge in [-0.1, -0.05) is 18.2 Å². The highest BCUT2D eigenvalue weighted by atomic mass is 32.1. The van der Waals surface area contributed by atoms with Crippen LogP contribution in [0.15, 0.2) is 41.8 Å². The molecule has 0 bridgehead atoms. The SMILES string of the molecule is CC(NC(=O)c1cccs1)C(=O)NC(C)c1ccc(F)cc1. The van der Waals surface area contributed by atoms with E-state index in [0.29, 0.717) is 4.88 Å². The fourth-order valence-electron chi connectivity index (χ4n) is 1.91. The molecule has 6 heteroatoms. The summed E-state index contributed by atoms with van der Waals surface area (Å²) in [6, 6.07) is 8.49. The summed E-state index contributed by atoms with van der Waals surface area (Å²) in [4.78, 5) is 24.6. The lowest BCUT2D eigenvalue weighted by Crippen LogP contribution is -2.45. The molecule has 1 heterocycles. The smallest absolute Gasteiger partial charge is 0.261 e. The van der Waals surface area contributed by atoms with E-state index in [1.807, 2.05) is 0 Å². The van der Waals surface area contributed by atoms with Gasteiger partial charge in [-0.15, -0.1) is 11.3 Å². The molecular formula is C16H17FN2O2S. The zero-order valence-electron chi connectivity index (χ0n) is 12.3. The van der Waals surface area contributed by atoms with Crippen LogP contribution in [0.3, 0.4) is 0 Å². The second kappa shape index (κ2) is 7.17. The molecule has 1 aromatic heterocycles. The van der Waals surface area contributed by atoms with Crippen LogP contribution in [0, 0.1) is 5.82 Å². The van der Waals surface area contributed by atoms with Crippen LogP contribution in [0.1, 0.15) is 35.1 Å². The molecule has 0 aliphatic rings. The number of nitrogens with one attached hydrogen (secondary N) is 2. The summed E-state index contributed by atoms with van der Waals surface area (Å²) < 4.78 is 12.9. The van der Waals surface area contributed by atoms with Gasteiger partial charge in [-0.25, -0.2) is 4.39 Å². The molecule has 2 rings (SSSR count). The third-order valence-electron chi connectivity index (χ3n) is 3.21. The molecule has 0 saturated carbocycles. The van der Waals surface area contributed by atoms with Crippen molar-refractivity contribution in [2.75, 3.05) is 0 Å². The normalized spacial score (nSPS) is 13.2. The molecule has 4 nitrogen and oxygen atoms in total. The second-order valence-electron chi connectivity index (χ2n) is 4.95. The van der Waals surface area contributed by atoms with Crippen molar-refractivity contribution in [3.05, 3.63) is 58.0 Å². The maximum atomic E-state index is 12.9. The maximum absolute atomic E-state index is 12.9. The number of halogens is 1. The first kappa shape index (κ1) is 16.2. The van der Waals surface area contributed by atoms with Gasteiger partial charge in [0.2, 0.25) is 5.91 Å². The minimum absolute atomic E-state index is 0.269. The number of carbonyl (C=O) groups excluding carboxylic acids is 2. The number of hydrogen-bond acceptors (Lipinski definition) is 3. The molecule has 116 valence electrons. The molecule has 1 aromatic carbocycles. The van der Waals surface area contributed by atoms with Crippen molar-refractivity contribution in [1.82, 2.24) is 10.6 Å². The number of carbonyl (C=O) groups is 2. The molecule has 22 heavy (non-hydrogen) atoms. The molecule has 2 aromatic rings. The quantitative estimate of drug-likeness (QED) is 0.890. The van der Waals surface area contributed by atoms with Crippen molar-refractivity contribution in [2.45, 2.75) is 25.9 Å². The Balaban J connectivity index is 1.90. The van der Waals surface area contributed by atoms with Crippen molar-refractivity contribution >= 4 is 23.2 Å². The Bertz CT molecular complexity index is 641. The van der Waals surface area contributed by atoms with Gasteiger partial charge in [0.1, 0.15) is 11.9 Å². The first-order valence-corrected chi connectivity index (χ1v) is 7.75. The summed E-state index contributed by atoms with van der Waals surface area (Å²) >= 11 is 1.32. The van der Waals surface area contributed by atoms with Gasteiger partial charge in [0, 0.05) is 0 Å². The Labute approximate surface area is 132 Å². The van der Waals surface area contributed by atoms with E-state index in [2.05, 4.69) is 10.6 Å². The lowest BCUT2D eigenvalue weighted by molar-refractivity contribution is -0.123. The fraction of sp³-hybridized carbons (Fsp3) is 0.250. The van der Waals surface area contributed by atoms with Gasteiger partial charge in [-0.2, -0.15) is 0 Å². The van der Waals surface area contributed by atoms with E-state index in [0.717, 1.165) is 5.56 Å². The van der Waals surface area contributed by atoms with E-state index in [-0.39, 0.29) is 23.7 Å². The highest BCUT2D eigenvalue weighted by Crippen LogP contribution is 2.13. The van der Waals surface area contributed by atoms with Crippen LogP contribution in [-0.4, -0.2) is 17.9 Å². The zero-order chi connectivity index (χ0) is 16.1. The Morgan fingerprint density at radius 3 is 2.36 bits per heavy atom. The maximum Gasteiger partial charge on any atom is 0.261 e. The number of thiophene rings is 1. The average molecular weight is 320 g/mol. The van der Waals surface area contributed by atoms with Crippen LogP contribution in [0.4, 0.5) is 4.39 Å². The zero-order valence-corrected chi connectivity index (χ0v) is 13.1. The van der Waals surface area contributed by atoms with Crippen LogP contribution in [0.5, 0.6) is 0 Å². The minimum Gasteiger partial charge on any atom is -0.348 e. The predicted octanol–water partition coefficient (Wildman–Crippen LogP) is 2.88. The number of hydrogen-bond donors (Lipinski definition) is 2. The van der Waals surface area contributed by atoms with E-state index in [9.17, 15) is 14.0 Å². The van der Waals surface area contributed by atoms with E-state index < -0.39 is 6.04 Å². The van der Waals surface area contributed by atoms with Crippen molar-refractivity contribution in [3.63, 3.8) is 0 Å². The predicted molar refractivity (Wildman–Crippen MR) is 84.2 cm³/mol. The molecule has 0 aliphatic carbocycles. The van der Waals surface area contributed by atoms with Crippen molar-refractivity contribution in [3.8, 4) is 0 Å². The van der Waals surface area contributed by atoms with Crippen LogP contribution < -0.4 is 10.6 Å². The Morgan fingerprint density at radius 1 is 1.09 bits per heavy atom. The van der Waals surface area contributed by atoms with Crippen molar-refractivity contribution in [1.29, 1.82) is 0 Å². The molecule has 2 unspecified atom stereocenters. The van der Waals surface area contributed by atoms with Crippen molar-refractivity contribution in [2.24, 2.45) is 0 Å². The lowest BCUT2D eigenvalue weighted by Gasteiger charge is -2.18. The van der Waals surface area contributed by atoms with E-state index >= 15 is 0 Å². The Kier molecular flexibility index (Phi) is 5.27. The number of rotatable bonds is 5. The molecule has 0 fully saturated rings. The monoisotopic (exact) mass is 320 g/mol. The molecular weight excluding hydrogens is 303 g/mol. The third-order valence-corrected chi connectivity index (χ3v) is 4.08. The van der Waals surface area contributed by atoms with E-state index in [1.54, 1.807) is 43.5 Å². The van der Waals surface area contributed by atoms with Gasteiger partial charge in [0.15, 0.2) is 0 Å². The summed E-state index contributed by atoms with van der Waals surface area (Å²) in [5.74, 6) is -0.882. The van der Waals surface area contributed by atoms with Gasteiger partial charge in [0.25, 0.3) is 5.91 Å².